The molecular weight excluding hydrogens is 296 g/mol. The first-order valence-electron chi connectivity index (χ1n) is 6.85. The van der Waals surface area contributed by atoms with Crippen LogP contribution in [-0.2, 0) is 0 Å². The monoisotopic (exact) mass is 310 g/mol. The number of nitrogens with zero attached hydrogens (tertiary/aromatic N) is 3. The van der Waals surface area contributed by atoms with Gasteiger partial charge in [0.05, 0.1) is 23.0 Å². The van der Waals surface area contributed by atoms with Crippen molar-refractivity contribution in [2.24, 2.45) is 0 Å². The van der Waals surface area contributed by atoms with Crippen molar-refractivity contribution in [3.05, 3.63) is 42.0 Å². The van der Waals surface area contributed by atoms with Gasteiger partial charge in [-0.05, 0) is 42.8 Å². The molecular formula is C16H14N4OS. The predicted molar refractivity (Wildman–Crippen MR) is 89.5 cm³/mol. The Labute approximate surface area is 131 Å². The summed E-state index contributed by atoms with van der Waals surface area (Å²) in [5, 5.41) is 8.62. The number of fused-ring (bicyclic) bond motifs is 3. The summed E-state index contributed by atoms with van der Waals surface area (Å²) in [5.41, 5.74) is 9.87. The Balaban J connectivity index is 1.98. The highest BCUT2D eigenvalue weighted by Crippen LogP contribution is 2.32. The van der Waals surface area contributed by atoms with Crippen molar-refractivity contribution in [1.29, 1.82) is 0 Å². The second-order valence-corrected chi connectivity index (χ2v) is 6.18. The molecule has 0 amide bonds. The first-order valence-corrected chi connectivity index (χ1v) is 7.67. The summed E-state index contributed by atoms with van der Waals surface area (Å²) in [4.78, 5) is 0.880. The molecule has 2 aromatic carbocycles. The molecule has 0 atom stereocenters. The standard InChI is InChI=1S/C16H14N4OS/c1-9-3-5-12-14(7-9)22-16-19-18-15(20(12)16)10-4-6-13(21-2)11(17)8-10/h3-8H,17H2,1-2H3. The summed E-state index contributed by atoms with van der Waals surface area (Å²) in [7, 11) is 1.61. The van der Waals surface area contributed by atoms with E-state index in [2.05, 4.69) is 39.7 Å². The van der Waals surface area contributed by atoms with Crippen molar-refractivity contribution in [2.75, 3.05) is 12.8 Å². The molecule has 6 heteroatoms. The molecule has 0 saturated heterocycles. The van der Waals surface area contributed by atoms with Crippen LogP contribution in [0.1, 0.15) is 5.56 Å². The number of methoxy groups -OCH3 is 1. The third-order valence-electron chi connectivity index (χ3n) is 3.68. The number of nitrogen functional groups attached to an aromatic ring is 1. The molecule has 5 nitrogen and oxygen atoms in total. The number of hydrogen-bond acceptors (Lipinski definition) is 5. The molecule has 0 fully saturated rings. The van der Waals surface area contributed by atoms with Crippen molar-refractivity contribution in [3.63, 3.8) is 0 Å². The number of thiazole rings is 1. The first-order chi connectivity index (χ1) is 10.7. The zero-order valence-electron chi connectivity index (χ0n) is 12.2. The first kappa shape index (κ1) is 13.1. The van der Waals surface area contributed by atoms with Gasteiger partial charge in [-0.2, -0.15) is 0 Å². The van der Waals surface area contributed by atoms with Gasteiger partial charge < -0.3 is 10.5 Å². The molecule has 0 aliphatic rings. The lowest BCUT2D eigenvalue weighted by molar-refractivity contribution is 0.417. The Morgan fingerprint density at radius 3 is 2.77 bits per heavy atom. The van der Waals surface area contributed by atoms with Crippen molar-refractivity contribution in [3.8, 4) is 17.1 Å². The highest BCUT2D eigenvalue weighted by Gasteiger charge is 2.15. The van der Waals surface area contributed by atoms with Crippen LogP contribution in [0, 0.1) is 6.92 Å². The minimum Gasteiger partial charge on any atom is -0.495 e. The number of hydrogen-bond donors (Lipinski definition) is 1. The van der Waals surface area contributed by atoms with Crippen molar-refractivity contribution < 1.29 is 4.74 Å². The lowest BCUT2D eigenvalue weighted by Gasteiger charge is -2.06. The van der Waals surface area contributed by atoms with Crippen LogP contribution in [0.15, 0.2) is 36.4 Å². The summed E-state index contributed by atoms with van der Waals surface area (Å²) in [5.74, 6) is 1.45. The minimum atomic E-state index is 0.590. The molecule has 0 aliphatic carbocycles. The highest BCUT2D eigenvalue weighted by molar-refractivity contribution is 7.23. The minimum absolute atomic E-state index is 0.590. The molecule has 4 aromatic rings. The molecule has 2 heterocycles. The largest absolute Gasteiger partial charge is 0.495 e. The van der Waals surface area contributed by atoms with E-state index in [-0.39, 0.29) is 0 Å². The van der Waals surface area contributed by atoms with Crippen LogP contribution in [0.25, 0.3) is 26.6 Å². The van der Waals surface area contributed by atoms with Crippen molar-refractivity contribution >= 4 is 32.2 Å². The van der Waals surface area contributed by atoms with E-state index in [4.69, 9.17) is 10.5 Å². The maximum Gasteiger partial charge on any atom is 0.217 e. The zero-order chi connectivity index (χ0) is 15.3. The molecule has 0 spiro atoms. The number of aryl methyl sites for hydroxylation is 1. The summed E-state index contributed by atoms with van der Waals surface area (Å²) in [6.07, 6.45) is 0. The fourth-order valence-corrected chi connectivity index (χ4v) is 3.66. The van der Waals surface area contributed by atoms with E-state index in [1.54, 1.807) is 18.4 Å². The van der Waals surface area contributed by atoms with Gasteiger partial charge in [-0.3, -0.25) is 4.40 Å². The van der Waals surface area contributed by atoms with Crippen molar-refractivity contribution in [2.45, 2.75) is 6.92 Å². The fourth-order valence-electron chi connectivity index (χ4n) is 2.60. The van der Waals surface area contributed by atoms with Crippen LogP contribution in [0.5, 0.6) is 5.75 Å². The topological polar surface area (TPSA) is 65.4 Å². The molecule has 0 aliphatic heterocycles. The molecule has 0 unspecified atom stereocenters. The van der Waals surface area contributed by atoms with Crippen LogP contribution in [-0.4, -0.2) is 21.7 Å². The third-order valence-corrected chi connectivity index (χ3v) is 4.67. The smallest absolute Gasteiger partial charge is 0.217 e. The molecule has 2 aromatic heterocycles. The normalized spacial score (nSPS) is 11.4. The van der Waals surface area contributed by atoms with Crippen LogP contribution in [0.3, 0.4) is 0 Å². The van der Waals surface area contributed by atoms with E-state index in [0.717, 1.165) is 21.9 Å². The molecule has 0 bridgehead atoms. The lowest BCUT2D eigenvalue weighted by atomic mass is 10.1. The fraction of sp³-hybridized carbons (Fsp3) is 0.125. The predicted octanol–water partition coefficient (Wildman–Crippen LogP) is 3.51. The van der Waals surface area contributed by atoms with Gasteiger partial charge in [-0.25, -0.2) is 0 Å². The highest BCUT2D eigenvalue weighted by atomic mass is 32.1. The third kappa shape index (κ3) is 1.84. The maximum atomic E-state index is 6.01. The second kappa shape index (κ2) is 4.71. The van der Waals surface area contributed by atoms with Gasteiger partial charge >= 0.3 is 0 Å². The van der Waals surface area contributed by atoms with Gasteiger partial charge in [0.2, 0.25) is 4.96 Å². The number of anilines is 1. The molecule has 0 radical (unpaired) electrons. The Morgan fingerprint density at radius 2 is 2.00 bits per heavy atom. The molecule has 22 heavy (non-hydrogen) atoms. The quantitative estimate of drug-likeness (QED) is 0.575. The number of ether oxygens (including phenoxy) is 1. The Morgan fingerprint density at radius 1 is 1.14 bits per heavy atom. The summed E-state index contributed by atoms with van der Waals surface area (Å²) >= 11 is 1.64. The number of benzene rings is 2. The summed E-state index contributed by atoms with van der Waals surface area (Å²) < 4.78 is 8.48. The molecule has 110 valence electrons. The Hall–Kier alpha value is -2.60. The molecule has 0 saturated carbocycles. The van der Waals surface area contributed by atoms with Crippen LogP contribution < -0.4 is 10.5 Å². The van der Waals surface area contributed by atoms with E-state index < -0.39 is 0 Å². The van der Waals surface area contributed by atoms with Crippen LogP contribution in [0.2, 0.25) is 0 Å². The molecule has 2 N–H and O–H groups in total. The van der Waals surface area contributed by atoms with Gasteiger partial charge in [-0.1, -0.05) is 17.4 Å². The van der Waals surface area contributed by atoms with E-state index in [9.17, 15) is 0 Å². The number of nitrogens with two attached hydrogens (primary N) is 1. The average molecular weight is 310 g/mol. The average Bonchev–Trinajstić information content (AvgIpc) is 3.05. The van der Waals surface area contributed by atoms with Gasteiger partial charge in [0.1, 0.15) is 5.75 Å². The zero-order valence-corrected chi connectivity index (χ0v) is 13.0. The molecule has 4 rings (SSSR count). The lowest BCUT2D eigenvalue weighted by Crippen LogP contribution is -1.94. The Kier molecular flexibility index (Phi) is 2.80. The summed E-state index contributed by atoms with van der Waals surface area (Å²) in [6.45, 7) is 2.09. The van der Waals surface area contributed by atoms with E-state index >= 15 is 0 Å². The summed E-state index contributed by atoms with van der Waals surface area (Å²) in [6, 6.07) is 12.0. The van der Waals surface area contributed by atoms with Gasteiger partial charge in [0, 0.05) is 5.56 Å². The second-order valence-electron chi connectivity index (χ2n) is 5.17. The number of aromatic nitrogens is 3. The van der Waals surface area contributed by atoms with Gasteiger partial charge in [0.25, 0.3) is 0 Å². The van der Waals surface area contributed by atoms with E-state index in [1.807, 2.05) is 18.2 Å². The van der Waals surface area contributed by atoms with Crippen LogP contribution in [0.4, 0.5) is 5.69 Å². The van der Waals surface area contributed by atoms with Gasteiger partial charge in [0.15, 0.2) is 5.82 Å². The van der Waals surface area contributed by atoms with E-state index in [0.29, 0.717) is 11.4 Å². The van der Waals surface area contributed by atoms with Crippen molar-refractivity contribution in [1.82, 2.24) is 14.6 Å². The number of rotatable bonds is 2. The Bertz CT molecular complexity index is 1000. The maximum absolute atomic E-state index is 6.01. The van der Waals surface area contributed by atoms with Gasteiger partial charge in [-0.15, -0.1) is 10.2 Å². The SMILES string of the molecule is COc1ccc(-c2nnc3sc4cc(C)ccc4n23)cc1N. The van der Waals surface area contributed by atoms with Crippen LogP contribution >= 0.6 is 11.3 Å². The van der Waals surface area contributed by atoms with E-state index in [1.165, 1.54) is 10.3 Å².